The number of carbonyl (C=O) groups excluding carboxylic acids is 2. The highest BCUT2D eigenvalue weighted by molar-refractivity contribution is 5.93. The number of benzene rings is 1. The van der Waals surface area contributed by atoms with Crippen LogP contribution in [-0.4, -0.2) is 30.8 Å². The molecule has 0 amide bonds. The van der Waals surface area contributed by atoms with Crippen LogP contribution in [0.5, 0.6) is 0 Å². The minimum absolute atomic E-state index is 0.0133. The molecular formula is C34H38F3NO2. The summed E-state index contributed by atoms with van der Waals surface area (Å²) in [6.07, 6.45) is 4.35. The molecule has 6 heteroatoms. The van der Waals surface area contributed by atoms with Crippen LogP contribution >= 0.6 is 0 Å². The van der Waals surface area contributed by atoms with Crippen LogP contribution < -0.4 is 4.90 Å². The molecule has 1 unspecified atom stereocenters. The van der Waals surface area contributed by atoms with Crippen molar-refractivity contribution in [3.8, 4) is 11.8 Å². The van der Waals surface area contributed by atoms with Crippen molar-refractivity contribution in [3.05, 3.63) is 52.6 Å². The standard InChI is InChI=1S/C34H38F3NO2/c1-3-30(40)33(16-17-34(35,36)37)15-14-29-27-12-8-23-20-25(39)11-13-26(23)31(27)28(21-32(29,33)2)22-6-9-24(10-7-22)38-18-4-5-19-38/h6-7,9-10,20,27-29H,3-5,8,11-15,18-19,21H2,1-2H3/t27-,28?,29-,32-,33-/m0/s1. The molecule has 1 aromatic carbocycles. The third-order valence-corrected chi connectivity index (χ3v) is 10.9. The van der Waals surface area contributed by atoms with Crippen LogP contribution in [0.4, 0.5) is 18.9 Å². The minimum atomic E-state index is -4.64. The Kier molecular flexibility index (Phi) is 6.79. The summed E-state index contributed by atoms with van der Waals surface area (Å²) in [5.74, 6) is 4.44. The van der Waals surface area contributed by atoms with Crippen molar-refractivity contribution in [2.24, 2.45) is 22.7 Å². The van der Waals surface area contributed by atoms with Gasteiger partial charge in [0.05, 0.1) is 5.41 Å². The van der Waals surface area contributed by atoms with E-state index >= 15 is 0 Å². The van der Waals surface area contributed by atoms with Crippen molar-refractivity contribution in [2.45, 2.75) is 90.1 Å². The van der Waals surface area contributed by atoms with Crippen molar-refractivity contribution >= 4 is 17.3 Å². The summed E-state index contributed by atoms with van der Waals surface area (Å²) in [7, 11) is 0. The molecule has 0 bridgehead atoms. The van der Waals surface area contributed by atoms with E-state index in [1.807, 2.05) is 6.08 Å². The first-order chi connectivity index (χ1) is 19.1. The fraction of sp³-hybridized carbons (Fsp3) is 0.588. The predicted octanol–water partition coefficient (Wildman–Crippen LogP) is 7.72. The Hall–Kier alpha value is -2.81. The summed E-state index contributed by atoms with van der Waals surface area (Å²) in [5.41, 5.74) is 4.21. The number of hydrogen-bond donors (Lipinski definition) is 0. The zero-order chi connectivity index (χ0) is 28.3. The van der Waals surface area contributed by atoms with Gasteiger partial charge in [-0.25, -0.2) is 0 Å². The maximum Gasteiger partial charge on any atom is 0.457 e. The van der Waals surface area contributed by atoms with Crippen molar-refractivity contribution in [3.63, 3.8) is 0 Å². The lowest BCUT2D eigenvalue weighted by Gasteiger charge is -2.54. The first-order valence-electron chi connectivity index (χ1n) is 15.0. The van der Waals surface area contributed by atoms with Crippen LogP contribution in [0, 0.1) is 34.5 Å². The number of halogens is 3. The molecule has 1 heterocycles. The molecule has 3 fully saturated rings. The van der Waals surface area contributed by atoms with Crippen molar-refractivity contribution < 1.29 is 22.8 Å². The number of ketones is 2. The predicted molar refractivity (Wildman–Crippen MR) is 150 cm³/mol. The van der Waals surface area contributed by atoms with E-state index in [1.165, 1.54) is 29.7 Å². The highest BCUT2D eigenvalue weighted by atomic mass is 19.4. The topological polar surface area (TPSA) is 37.4 Å². The largest absolute Gasteiger partial charge is 0.457 e. The number of carbonyl (C=O) groups is 2. The van der Waals surface area contributed by atoms with E-state index in [0.717, 1.165) is 43.5 Å². The Morgan fingerprint density at radius 3 is 2.48 bits per heavy atom. The average Bonchev–Trinajstić information content (AvgIpc) is 3.57. The zero-order valence-corrected chi connectivity index (χ0v) is 23.5. The Morgan fingerprint density at radius 2 is 1.80 bits per heavy atom. The molecule has 0 aromatic heterocycles. The van der Waals surface area contributed by atoms with E-state index < -0.39 is 17.0 Å². The Bertz CT molecular complexity index is 1340. The van der Waals surface area contributed by atoms with E-state index in [2.05, 4.69) is 42.0 Å². The van der Waals surface area contributed by atoms with E-state index in [9.17, 15) is 22.8 Å². The van der Waals surface area contributed by atoms with Gasteiger partial charge in [0, 0.05) is 43.5 Å². The summed E-state index contributed by atoms with van der Waals surface area (Å²) in [6, 6.07) is 8.75. The number of hydrogen-bond acceptors (Lipinski definition) is 3. The number of fused-ring (bicyclic) bond motifs is 4. The molecule has 1 saturated heterocycles. The monoisotopic (exact) mass is 549 g/mol. The van der Waals surface area contributed by atoms with Gasteiger partial charge in [-0.15, -0.1) is 0 Å². The SMILES string of the molecule is CCC(=O)[C@@]1(C#CC(F)(F)F)CC[C@H]2[C@@H]3CCC4=CC(=O)CCC4=C3C(c3ccc(N4CCCC4)cc3)C[C@@]21C. The van der Waals surface area contributed by atoms with Crippen LogP contribution in [0.25, 0.3) is 0 Å². The second-order valence-electron chi connectivity index (χ2n) is 12.7. The van der Waals surface area contributed by atoms with Crippen LogP contribution in [0.3, 0.4) is 0 Å². The molecule has 0 N–H and O–H groups in total. The molecular weight excluding hydrogens is 511 g/mol. The number of nitrogens with zero attached hydrogens (tertiary/aromatic N) is 1. The molecule has 212 valence electrons. The second kappa shape index (κ2) is 9.93. The lowest BCUT2D eigenvalue weighted by Crippen LogP contribution is -2.50. The molecule has 0 radical (unpaired) electrons. The first-order valence-corrected chi connectivity index (χ1v) is 15.0. The van der Waals surface area contributed by atoms with E-state index in [4.69, 9.17) is 0 Å². The summed E-state index contributed by atoms with van der Waals surface area (Å²) in [4.78, 5) is 28.4. The van der Waals surface area contributed by atoms with Gasteiger partial charge in [-0.1, -0.05) is 37.5 Å². The first kappa shape index (κ1) is 27.4. The molecule has 2 saturated carbocycles. The minimum Gasteiger partial charge on any atom is -0.372 e. The second-order valence-corrected chi connectivity index (χ2v) is 12.7. The van der Waals surface area contributed by atoms with Crippen molar-refractivity contribution in [1.82, 2.24) is 0 Å². The van der Waals surface area contributed by atoms with Gasteiger partial charge in [-0.2, -0.15) is 13.2 Å². The maximum absolute atomic E-state index is 13.6. The van der Waals surface area contributed by atoms with Gasteiger partial charge in [-0.05, 0) is 104 Å². The van der Waals surface area contributed by atoms with Crippen LogP contribution in [0.15, 0.2) is 47.1 Å². The summed E-state index contributed by atoms with van der Waals surface area (Å²) in [5, 5.41) is 0. The lowest BCUT2D eigenvalue weighted by atomic mass is 9.48. The van der Waals surface area contributed by atoms with Gasteiger partial charge in [-0.3, -0.25) is 9.59 Å². The van der Waals surface area contributed by atoms with Gasteiger partial charge in [0.15, 0.2) is 11.6 Å². The van der Waals surface area contributed by atoms with Gasteiger partial charge in [0.2, 0.25) is 0 Å². The van der Waals surface area contributed by atoms with Gasteiger partial charge < -0.3 is 4.90 Å². The molecule has 5 aliphatic rings. The van der Waals surface area contributed by atoms with E-state index in [-0.39, 0.29) is 35.7 Å². The fourth-order valence-corrected chi connectivity index (χ4v) is 9.09. The van der Waals surface area contributed by atoms with Crippen molar-refractivity contribution in [2.75, 3.05) is 18.0 Å². The lowest BCUT2D eigenvalue weighted by molar-refractivity contribution is -0.132. The smallest absolute Gasteiger partial charge is 0.372 e. The third-order valence-electron chi connectivity index (χ3n) is 10.9. The van der Waals surface area contributed by atoms with Crippen LogP contribution in [-0.2, 0) is 9.59 Å². The molecule has 6 rings (SSSR count). The molecule has 1 aliphatic heterocycles. The molecule has 4 aliphatic carbocycles. The summed E-state index contributed by atoms with van der Waals surface area (Å²) in [6.45, 7) is 5.92. The highest BCUT2D eigenvalue weighted by Crippen LogP contribution is 2.70. The zero-order valence-electron chi connectivity index (χ0n) is 23.5. The summed E-state index contributed by atoms with van der Waals surface area (Å²) >= 11 is 0. The highest BCUT2D eigenvalue weighted by Gasteiger charge is 2.65. The van der Waals surface area contributed by atoms with Crippen LogP contribution in [0.2, 0.25) is 0 Å². The Balaban J connectivity index is 1.49. The molecule has 3 nitrogen and oxygen atoms in total. The van der Waals surface area contributed by atoms with E-state index in [1.54, 1.807) is 12.8 Å². The molecule has 0 spiro atoms. The van der Waals surface area contributed by atoms with Crippen LogP contribution in [0.1, 0.15) is 89.5 Å². The molecule has 5 atom stereocenters. The Morgan fingerprint density at radius 1 is 1.07 bits per heavy atom. The van der Waals surface area contributed by atoms with E-state index in [0.29, 0.717) is 25.7 Å². The van der Waals surface area contributed by atoms with Gasteiger partial charge in [0.25, 0.3) is 0 Å². The van der Waals surface area contributed by atoms with Crippen molar-refractivity contribution in [1.29, 1.82) is 0 Å². The number of anilines is 1. The van der Waals surface area contributed by atoms with Gasteiger partial charge >= 0.3 is 6.18 Å². The molecule has 40 heavy (non-hydrogen) atoms. The number of rotatable bonds is 4. The summed E-state index contributed by atoms with van der Waals surface area (Å²) < 4.78 is 40.4. The fourth-order valence-electron chi connectivity index (χ4n) is 9.09. The number of alkyl halides is 3. The molecule has 1 aromatic rings. The average molecular weight is 550 g/mol. The number of allylic oxidation sites excluding steroid dienone is 4. The number of Topliss-reactive ketones (excluding diaryl/α,β-unsaturated/α-hetero) is 1. The third kappa shape index (κ3) is 4.35. The quantitative estimate of drug-likeness (QED) is 0.361. The maximum atomic E-state index is 13.6. The van der Waals surface area contributed by atoms with Gasteiger partial charge in [0.1, 0.15) is 0 Å². The Labute approximate surface area is 235 Å². The normalized spacial score (nSPS) is 33.5.